The number of hydrogen-bond acceptors (Lipinski definition) is 1. The van der Waals surface area contributed by atoms with Crippen LogP contribution in [-0.4, -0.2) is 24.0 Å². The number of nitrogens with zero attached hydrogens (tertiary/aromatic N) is 1. The molecule has 6 heteroatoms. The number of anilines is 1. The van der Waals surface area contributed by atoms with Crippen molar-refractivity contribution >= 4 is 11.7 Å². The SMILES string of the molecule is C#CCN(CC1CC1)C(=O)Nc1cccc(C(F)(F)F)c1. The standard InChI is InChI=1S/C15H15F3N2O/c1-2-8-20(10-11-6-7-11)14(21)19-13-5-3-4-12(9-13)15(16,17)18/h1,3-5,9,11H,6-8,10H2,(H,19,21). The molecule has 3 nitrogen and oxygen atoms in total. The summed E-state index contributed by atoms with van der Waals surface area (Å²) in [4.78, 5) is 13.5. The molecule has 1 N–H and O–H groups in total. The van der Waals surface area contributed by atoms with Crippen molar-refractivity contribution in [3.05, 3.63) is 29.8 Å². The molecule has 0 unspecified atom stereocenters. The topological polar surface area (TPSA) is 32.3 Å². The average Bonchev–Trinajstić information content (AvgIpc) is 3.21. The lowest BCUT2D eigenvalue weighted by atomic mass is 10.2. The van der Waals surface area contributed by atoms with Gasteiger partial charge < -0.3 is 10.2 Å². The van der Waals surface area contributed by atoms with Crippen molar-refractivity contribution < 1.29 is 18.0 Å². The maximum atomic E-state index is 12.6. The van der Waals surface area contributed by atoms with Crippen LogP contribution in [0.5, 0.6) is 0 Å². The molecular weight excluding hydrogens is 281 g/mol. The summed E-state index contributed by atoms with van der Waals surface area (Å²) in [7, 11) is 0. The summed E-state index contributed by atoms with van der Waals surface area (Å²) < 4.78 is 37.8. The molecule has 0 saturated heterocycles. The number of nitrogens with one attached hydrogen (secondary N) is 1. The monoisotopic (exact) mass is 296 g/mol. The van der Waals surface area contributed by atoms with Crippen LogP contribution >= 0.6 is 0 Å². The molecule has 1 fully saturated rings. The highest BCUT2D eigenvalue weighted by atomic mass is 19.4. The van der Waals surface area contributed by atoms with Crippen LogP contribution in [0.4, 0.5) is 23.7 Å². The van der Waals surface area contributed by atoms with Gasteiger partial charge >= 0.3 is 12.2 Å². The highest BCUT2D eigenvalue weighted by Gasteiger charge is 2.31. The van der Waals surface area contributed by atoms with Gasteiger partial charge in [0.05, 0.1) is 12.1 Å². The summed E-state index contributed by atoms with van der Waals surface area (Å²) in [5.74, 6) is 2.84. The highest BCUT2D eigenvalue weighted by Crippen LogP contribution is 2.31. The van der Waals surface area contributed by atoms with Crippen LogP contribution in [-0.2, 0) is 6.18 Å². The Morgan fingerprint density at radius 2 is 2.14 bits per heavy atom. The van der Waals surface area contributed by atoms with Gasteiger partial charge in [0.15, 0.2) is 0 Å². The Balaban J connectivity index is 2.05. The van der Waals surface area contributed by atoms with E-state index < -0.39 is 17.8 Å². The van der Waals surface area contributed by atoms with Crippen molar-refractivity contribution in [2.24, 2.45) is 5.92 Å². The van der Waals surface area contributed by atoms with E-state index in [1.165, 1.54) is 17.0 Å². The van der Waals surface area contributed by atoms with Crippen molar-refractivity contribution in [3.63, 3.8) is 0 Å². The van der Waals surface area contributed by atoms with Crippen LogP contribution in [0.25, 0.3) is 0 Å². The lowest BCUT2D eigenvalue weighted by Gasteiger charge is -2.21. The second-order valence-corrected chi connectivity index (χ2v) is 5.04. The van der Waals surface area contributed by atoms with E-state index in [4.69, 9.17) is 6.42 Å². The maximum absolute atomic E-state index is 12.6. The van der Waals surface area contributed by atoms with E-state index in [1.54, 1.807) is 0 Å². The first-order valence-corrected chi connectivity index (χ1v) is 6.57. The molecule has 1 aromatic carbocycles. The molecule has 2 amide bonds. The predicted octanol–water partition coefficient (Wildman–Crippen LogP) is 3.58. The molecule has 0 radical (unpaired) electrons. The van der Waals surface area contributed by atoms with E-state index in [1.807, 2.05) is 0 Å². The van der Waals surface area contributed by atoms with Gasteiger partial charge in [-0.2, -0.15) is 13.2 Å². The fourth-order valence-electron chi connectivity index (χ4n) is 1.92. The largest absolute Gasteiger partial charge is 0.416 e. The molecule has 0 atom stereocenters. The van der Waals surface area contributed by atoms with Crippen LogP contribution in [0.15, 0.2) is 24.3 Å². The van der Waals surface area contributed by atoms with Gasteiger partial charge in [0.1, 0.15) is 0 Å². The minimum Gasteiger partial charge on any atom is -0.313 e. The number of alkyl halides is 3. The first-order chi connectivity index (χ1) is 9.90. The predicted molar refractivity (Wildman–Crippen MR) is 73.6 cm³/mol. The van der Waals surface area contributed by atoms with Crippen LogP contribution in [0.3, 0.4) is 0 Å². The van der Waals surface area contributed by atoms with Gasteiger partial charge in [-0.15, -0.1) is 6.42 Å². The Hall–Kier alpha value is -2.16. The fourth-order valence-corrected chi connectivity index (χ4v) is 1.92. The molecule has 1 saturated carbocycles. The molecule has 1 aliphatic rings. The summed E-state index contributed by atoms with van der Waals surface area (Å²) in [6, 6.07) is 4.06. The van der Waals surface area contributed by atoms with Crippen molar-refractivity contribution in [2.45, 2.75) is 19.0 Å². The lowest BCUT2D eigenvalue weighted by Crippen LogP contribution is -2.36. The van der Waals surface area contributed by atoms with Gasteiger partial charge in [-0.3, -0.25) is 0 Å². The van der Waals surface area contributed by atoms with Crippen molar-refractivity contribution in [1.29, 1.82) is 0 Å². The van der Waals surface area contributed by atoms with E-state index in [2.05, 4.69) is 11.2 Å². The number of carbonyl (C=O) groups excluding carboxylic acids is 1. The smallest absolute Gasteiger partial charge is 0.313 e. The van der Waals surface area contributed by atoms with Gasteiger partial charge in [-0.1, -0.05) is 12.0 Å². The summed E-state index contributed by atoms with van der Waals surface area (Å²) in [5.41, 5.74) is -0.696. The third-order valence-electron chi connectivity index (χ3n) is 3.19. The van der Waals surface area contributed by atoms with Crippen LogP contribution in [0.1, 0.15) is 18.4 Å². The molecule has 0 spiro atoms. The summed E-state index contributed by atoms with van der Waals surface area (Å²) in [6.07, 6.45) is 2.89. The van der Waals surface area contributed by atoms with E-state index in [-0.39, 0.29) is 12.2 Å². The molecule has 112 valence electrons. The lowest BCUT2D eigenvalue weighted by molar-refractivity contribution is -0.137. The number of terminal acetylenes is 1. The number of urea groups is 1. The normalized spacial score (nSPS) is 14.4. The molecular formula is C15H15F3N2O. The number of rotatable bonds is 4. The molecule has 1 aliphatic carbocycles. The van der Waals surface area contributed by atoms with Gasteiger partial charge in [0, 0.05) is 12.2 Å². The molecule has 0 aliphatic heterocycles. The van der Waals surface area contributed by atoms with Crippen molar-refractivity contribution in [3.8, 4) is 12.3 Å². The van der Waals surface area contributed by atoms with E-state index in [0.29, 0.717) is 12.5 Å². The number of amides is 2. The van der Waals surface area contributed by atoms with Gasteiger partial charge in [0.2, 0.25) is 0 Å². The van der Waals surface area contributed by atoms with Gasteiger partial charge in [-0.25, -0.2) is 4.79 Å². The molecule has 0 heterocycles. The Labute approximate surface area is 121 Å². The van der Waals surface area contributed by atoms with Crippen LogP contribution in [0, 0.1) is 18.3 Å². The summed E-state index contributed by atoms with van der Waals surface area (Å²) in [5, 5.41) is 2.46. The molecule has 0 bridgehead atoms. The van der Waals surface area contributed by atoms with Crippen molar-refractivity contribution in [2.75, 3.05) is 18.4 Å². The zero-order chi connectivity index (χ0) is 15.5. The number of carbonyl (C=O) groups is 1. The minimum atomic E-state index is -4.44. The summed E-state index contributed by atoms with van der Waals surface area (Å²) in [6.45, 7) is 0.677. The molecule has 2 rings (SSSR count). The zero-order valence-electron chi connectivity index (χ0n) is 11.3. The highest BCUT2D eigenvalue weighted by molar-refractivity contribution is 5.89. The first kappa shape index (κ1) is 15.2. The maximum Gasteiger partial charge on any atom is 0.416 e. The van der Waals surface area contributed by atoms with E-state index in [0.717, 1.165) is 25.0 Å². The Morgan fingerprint density at radius 1 is 1.43 bits per heavy atom. The number of halogens is 3. The van der Waals surface area contributed by atoms with Gasteiger partial charge in [-0.05, 0) is 37.0 Å². The molecule has 21 heavy (non-hydrogen) atoms. The molecule has 1 aromatic rings. The zero-order valence-corrected chi connectivity index (χ0v) is 11.3. The van der Waals surface area contributed by atoms with Gasteiger partial charge in [0.25, 0.3) is 0 Å². The summed E-state index contributed by atoms with van der Waals surface area (Å²) >= 11 is 0. The Bertz CT molecular complexity index is 559. The molecule has 0 aromatic heterocycles. The average molecular weight is 296 g/mol. The third-order valence-corrected chi connectivity index (χ3v) is 3.19. The van der Waals surface area contributed by atoms with Crippen LogP contribution < -0.4 is 5.32 Å². The second kappa shape index (κ2) is 6.08. The quantitative estimate of drug-likeness (QED) is 0.846. The second-order valence-electron chi connectivity index (χ2n) is 5.04. The van der Waals surface area contributed by atoms with Crippen molar-refractivity contribution in [1.82, 2.24) is 4.90 Å². The van der Waals surface area contributed by atoms with Crippen LogP contribution in [0.2, 0.25) is 0 Å². The first-order valence-electron chi connectivity index (χ1n) is 6.57. The number of hydrogen-bond donors (Lipinski definition) is 1. The van der Waals surface area contributed by atoms with E-state index >= 15 is 0 Å². The fraction of sp³-hybridized carbons (Fsp3) is 0.400. The minimum absolute atomic E-state index is 0.104. The van der Waals surface area contributed by atoms with E-state index in [9.17, 15) is 18.0 Å². The Kier molecular flexibility index (Phi) is 4.41. The Morgan fingerprint density at radius 3 is 2.71 bits per heavy atom. The third kappa shape index (κ3) is 4.42. The number of benzene rings is 1.